The van der Waals surface area contributed by atoms with Gasteiger partial charge in [-0.2, -0.15) is 4.98 Å². The van der Waals surface area contributed by atoms with Crippen LogP contribution in [-0.4, -0.2) is 50.2 Å². The molecule has 4 rings (SSSR count). The van der Waals surface area contributed by atoms with E-state index in [2.05, 4.69) is 25.4 Å². The first-order valence-corrected chi connectivity index (χ1v) is 10.4. The first-order chi connectivity index (χ1) is 13.8. The van der Waals surface area contributed by atoms with Gasteiger partial charge in [0, 0.05) is 37.9 Å². The maximum absolute atomic E-state index is 12.7. The molecule has 2 fully saturated rings. The van der Waals surface area contributed by atoms with E-state index in [9.17, 15) is 4.79 Å². The highest BCUT2D eigenvalue weighted by Gasteiger charge is 2.27. The first kappa shape index (κ1) is 18.8. The Morgan fingerprint density at radius 3 is 2.79 bits per heavy atom. The van der Waals surface area contributed by atoms with E-state index >= 15 is 0 Å². The van der Waals surface area contributed by atoms with Gasteiger partial charge in [0.1, 0.15) is 5.69 Å². The van der Waals surface area contributed by atoms with Crippen molar-refractivity contribution in [2.24, 2.45) is 5.92 Å². The van der Waals surface area contributed by atoms with Crippen molar-refractivity contribution in [3.05, 3.63) is 24.5 Å². The lowest BCUT2D eigenvalue weighted by Gasteiger charge is -2.33. The summed E-state index contributed by atoms with van der Waals surface area (Å²) in [6.45, 7) is 1.56. The lowest BCUT2D eigenvalue weighted by molar-refractivity contribution is 0.157. The summed E-state index contributed by atoms with van der Waals surface area (Å²) in [6, 6.07) is 0.420. The average molecular weight is 384 g/mol. The molecule has 2 aliphatic rings. The fraction of sp³-hybridized carbons (Fsp3) is 0.650. The summed E-state index contributed by atoms with van der Waals surface area (Å²) < 4.78 is 5.40. The molecule has 1 aliphatic carbocycles. The Kier molecular flexibility index (Phi) is 6.14. The van der Waals surface area contributed by atoms with Crippen LogP contribution in [0.2, 0.25) is 0 Å². The molecule has 150 valence electrons. The Morgan fingerprint density at radius 1 is 1.14 bits per heavy atom. The van der Waals surface area contributed by atoms with Crippen molar-refractivity contribution in [3.8, 4) is 11.5 Å². The van der Waals surface area contributed by atoms with Crippen molar-refractivity contribution in [1.82, 2.24) is 30.3 Å². The Morgan fingerprint density at radius 2 is 2.00 bits per heavy atom. The van der Waals surface area contributed by atoms with Gasteiger partial charge in [0.05, 0.1) is 6.20 Å². The van der Waals surface area contributed by atoms with Crippen molar-refractivity contribution in [1.29, 1.82) is 0 Å². The van der Waals surface area contributed by atoms with Crippen LogP contribution in [0.4, 0.5) is 4.79 Å². The summed E-state index contributed by atoms with van der Waals surface area (Å²) in [6.07, 6.45) is 14.8. The molecule has 8 nitrogen and oxygen atoms in total. The highest BCUT2D eigenvalue weighted by atomic mass is 16.5. The van der Waals surface area contributed by atoms with Gasteiger partial charge in [0.15, 0.2) is 0 Å². The van der Waals surface area contributed by atoms with Crippen LogP contribution in [0.1, 0.15) is 57.3 Å². The van der Waals surface area contributed by atoms with Gasteiger partial charge in [-0.1, -0.05) is 30.8 Å². The van der Waals surface area contributed by atoms with Gasteiger partial charge >= 0.3 is 6.03 Å². The second-order valence-corrected chi connectivity index (χ2v) is 7.90. The number of aromatic nitrogens is 4. The molecule has 0 spiro atoms. The number of rotatable bonds is 4. The Bertz CT molecular complexity index is 757. The van der Waals surface area contributed by atoms with Crippen molar-refractivity contribution >= 4 is 6.03 Å². The number of amides is 2. The highest BCUT2D eigenvalue weighted by Crippen LogP contribution is 2.22. The van der Waals surface area contributed by atoms with Gasteiger partial charge in [-0.15, -0.1) is 0 Å². The van der Waals surface area contributed by atoms with Gasteiger partial charge in [-0.3, -0.25) is 4.98 Å². The molecule has 1 saturated heterocycles. The lowest BCUT2D eigenvalue weighted by Crippen LogP contribution is -2.48. The minimum absolute atomic E-state index is 0.0855. The molecule has 2 amide bonds. The second-order valence-electron chi connectivity index (χ2n) is 7.90. The molecule has 1 atom stereocenters. The Hall–Kier alpha value is -2.51. The summed E-state index contributed by atoms with van der Waals surface area (Å²) in [7, 11) is 0. The van der Waals surface area contributed by atoms with E-state index in [1.165, 1.54) is 25.7 Å². The smallest absolute Gasteiger partial charge is 0.317 e. The molecule has 1 saturated carbocycles. The molecule has 0 aromatic carbocycles. The number of likely N-dealkylation sites (tertiary alicyclic amines) is 1. The molecular formula is C20H28N6O2. The number of carbonyl (C=O) groups excluding carboxylic acids is 1. The van der Waals surface area contributed by atoms with Gasteiger partial charge in [-0.25, -0.2) is 9.78 Å². The number of urea groups is 1. The lowest BCUT2D eigenvalue weighted by atomic mass is 9.95. The maximum Gasteiger partial charge on any atom is 0.317 e. The zero-order chi connectivity index (χ0) is 19.2. The zero-order valence-corrected chi connectivity index (χ0v) is 16.2. The largest absolute Gasteiger partial charge is 0.339 e. The molecule has 0 radical (unpaired) electrons. The summed E-state index contributed by atoms with van der Waals surface area (Å²) >= 11 is 0. The third-order valence-electron chi connectivity index (χ3n) is 5.71. The van der Waals surface area contributed by atoms with Crippen molar-refractivity contribution in [2.45, 2.75) is 63.8 Å². The van der Waals surface area contributed by atoms with Crippen LogP contribution >= 0.6 is 0 Å². The molecule has 2 aromatic rings. The van der Waals surface area contributed by atoms with Crippen LogP contribution in [-0.2, 0) is 6.42 Å². The van der Waals surface area contributed by atoms with Gasteiger partial charge < -0.3 is 14.7 Å². The minimum atomic E-state index is 0.0855. The summed E-state index contributed by atoms with van der Waals surface area (Å²) in [5.74, 6) is 1.39. The van der Waals surface area contributed by atoms with Gasteiger partial charge in [0.25, 0.3) is 0 Å². The summed E-state index contributed by atoms with van der Waals surface area (Å²) in [5.41, 5.74) is 0.602. The topological polar surface area (TPSA) is 97.0 Å². The van der Waals surface area contributed by atoms with E-state index in [1.54, 1.807) is 18.6 Å². The van der Waals surface area contributed by atoms with Crippen molar-refractivity contribution in [3.63, 3.8) is 0 Å². The monoisotopic (exact) mass is 384 g/mol. The fourth-order valence-corrected chi connectivity index (χ4v) is 4.21. The van der Waals surface area contributed by atoms with E-state index in [-0.39, 0.29) is 6.03 Å². The molecule has 0 bridgehead atoms. The third-order valence-corrected chi connectivity index (χ3v) is 5.71. The zero-order valence-electron chi connectivity index (χ0n) is 16.2. The molecular weight excluding hydrogens is 356 g/mol. The van der Waals surface area contributed by atoms with Crippen LogP contribution < -0.4 is 5.32 Å². The maximum atomic E-state index is 12.7. The van der Waals surface area contributed by atoms with Crippen LogP contribution in [0.5, 0.6) is 0 Å². The quantitative estimate of drug-likeness (QED) is 0.813. The van der Waals surface area contributed by atoms with Gasteiger partial charge in [0.2, 0.25) is 11.7 Å². The number of carbonyl (C=O) groups is 1. The second kappa shape index (κ2) is 9.12. The SMILES string of the molecule is O=C(NC1CCCCCC1)N1CCCC(Cc2nc(-c3cnccn3)no2)C1. The molecule has 3 heterocycles. The van der Waals surface area contributed by atoms with E-state index in [0.29, 0.717) is 35.8 Å². The highest BCUT2D eigenvalue weighted by molar-refractivity contribution is 5.74. The van der Waals surface area contributed by atoms with Crippen molar-refractivity contribution < 1.29 is 9.32 Å². The summed E-state index contributed by atoms with van der Waals surface area (Å²) in [4.78, 5) is 27.4. The van der Waals surface area contributed by atoms with Crippen LogP contribution in [0.15, 0.2) is 23.1 Å². The Labute approximate surface area is 165 Å². The van der Waals surface area contributed by atoms with Gasteiger partial charge in [-0.05, 0) is 31.6 Å². The minimum Gasteiger partial charge on any atom is -0.339 e. The van der Waals surface area contributed by atoms with E-state index < -0.39 is 0 Å². The van der Waals surface area contributed by atoms with E-state index in [4.69, 9.17) is 4.52 Å². The fourth-order valence-electron chi connectivity index (χ4n) is 4.21. The number of nitrogens with zero attached hydrogens (tertiary/aromatic N) is 5. The van der Waals surface area contributed by atoms with E-state index in [0.717, 1.165) is 38.8 Å². The molecule has 1 aliphatic heterocycles. The normalized spacial score (nSPS) is 21.3. The summed E-state index contributed by atoms with van der Waals surface area (Å²) in [5, 5.41) is 7.27. The van der Waals surface area contributed by atoms with Crippen LogP contribution in [0, 0.1) is 5.92 Å². The van der Waals surface area contributed by atoms with Crippen LogP contribution in [0.25, 0.3) is 11.5 Å². The molecule has 1 unspecified atom stereocenters. The van der Waals surface area contributed by atoms with Crippen LogP contribution in [0.3, 0.4) is 0 Å². The molecule has 28 heavy (non-hydrogen) atoms. The first-order valence-electron chi connectivity index (χ1n) is 10.4. The van der Waals surface area contributed by atoms with Crippen molar-refractivity contribution in [2.75, 3.05) is 13.1 Å². The predicted octanol–water partition coefficient (Wildman–Crippen LogP) is 3.21. The Balaban J connectivity index is 1.31. The average Bonchev–Trinajstić information content (AvgIpc) is 3.04. The number of piperidine rings is 1. The molecule has 1 N–H and O–H groups in total. The predicted molar refractivity (Wildman–Crippen MR) is 103 cm³/mol. The number of hydrogen-bond donors (Lipinski definition) is 1. The van der Waals surface area contributed by atoms with E-state index in [1.807, 2.05) is 4.90 Å². The number of nitrogens with one attached hydrogen (secondary N) is 1. The third kappa shape index (κ3) is 4.85. The molecule has 2 aromatic heterocycles. The number of hydrogen-bond acceptors (Lipinski definition) is 6. The standard InChI is InChI=1S/C20H28N6O2/c27-20(23-16-7-3-1-2-4-8-16)26-11-5-6-15(14-26)12-18-24-19(25-28-18)17-13-21-9-10-22-17/h9-10,13,15-16H,1-8,11-12,14H2,(H,23,27). The molecule has 8 heteroatoms.